The summed E-state index contributed by atoms with van der Waals surface area (Å²) in [6.45, 7) is -0.0499. The number of rotatable bonds is 9. The van der Waals surface area contributed by atoms with E-state index in [4.69, 9.17) is 5.73 Å². The molecule has 2 rings (SSSR count). The lowest BCUT2D eigenvalue weighted by atomic mass is 10.00. The summed E-state index contributed by atoms with van der Waals surface area (Å²) < 4.78 is 0. The van der Waals surface area contributed by atoms with Crippen molar-refractivity contribution in [2.45, 2.75) is 23.8 Å². The Balaban J connectivity index is 2.12. The molecule has 140 valence electrons. The second-order valence-electron chi connectivity index (χ2n) is 6.15. The molecule has 0 aliphatic heterocycles. The highest BCUT2D eigenvalue weighted by Gasteiger charge is 2.24. The van der Waals surface area contributed by atoms with Crippen LogP contribution in [-0.2, 0) is 9.59 Å². The molecule has 7 nitrogen and oxygen atoms in total. The van der Waals surface area contributed by atoms with Gasteiger partial charge in [0.25, 0.3) is 0 Å². The standard InChI is InChI=1S/C19H22N3O4.Al/c1-12(23)22-17(19(26)21-11-16(24)10-20)9-18(25)15-7-6-13-4-2-3-5-14(13)8-15;/h2-8,16-17,24H,1,9-11,20H2,(H,21,26)(H,22,23);/t16?,17-;/m1./s1. The molecule has 0 saturated heterocycles. The van der Waals surface area contributed by atoms with Crippen molar-refractivity contribution in [3.05, 3.63) is 48.0 Å². The van der Waals surface area contributed by atoms with Crippen LogP contribution in [0.1, 0.15) is 16.8 Å². The number of ketones is 1. The van der Waals surface area contributed by atoms with Gasteiger partial charge in [-0.25, -0.2) is 0 Å². The summed E-state index contributed by atoms with van der Waals surface area (Å²) in [5.74, 6) is -1.17. The number of aliphatic hydroxyl groups excluding tert-OH is 1. The van der Waals surface area contributed by atoms with Gasteiger partial charge in [-0.15, -0.1) is 0 Å². The Morgan fingerprint density at radius 1 is 1.11 bits per heavy atom. The van der Waals surface area contributed by atoms with Crippen LogP contribution >= 0.6 is 0 Å². The fourth-order valence-electron chi connectivity index (χ4n) is 2.55. The van der Waals surface area contributed by atoms with E-state index in [0.29, 0.717) is 5.56 Å². The number of fused-ring (bicyclic) bond motifs is 1. The van der Waals surface area contributed by atoms with Gasteiger partial charge in [-0.2, -0.15) is 0 Å². The van der Waals surface area contributed by atoms with E-state index in [9.17, 15) is 19.5 Å². The van der Waals surface area contributed by atoms with Crippen LogP contribution in [0.25, 0.3) is 10.8 Å². The van der Waals surface area contributed by atoms with Crippen molar-refractivity contribution in [3.63, 3.8) is 0 Å². The quantitative estimate of drug-likeness (QED) is 0.356. The maximum absolute atomic E-state index is 12.7. The van der Waals surface area contributed by atoms with E-state index in [2.05, 4.69) is 26.9 Å². The third-order valence-electron chi connectivity index (χ3n) is 4.08. The molecule has 2 aromatic carbocycles. The van der Waals surface area contributed by atoms with Crippen LogP contribution in [0.5, 0.6) is 0 Å². The van der Waals surface area contributed by atoms with Gasteiger partial charge in [0.2, 0.25) is 11.8 Å². The molecule has 2 amide bonds. The number of nitrogens with two attached hydrogens (primary N) is 1. The van der Waals surface area contributed by atoms with Crippen LogP contribution in [0, 0.1) is 0 Å². The molecule has 0 heterocycles. The van der Waals surface area contributed by atoms with Gasteiger partial charge in [0.15, 0.2) is 5.78 Å². The lowest BCUT2D eigenvalue weighted by molar-refractivity contribution is -0.128. The van der Waals surface area contributed by atoms with Gasteiger partial charge in [0, 0.05) is 25.1 Å². The highest BCUT2D eigenvalue weighted by atomic mass is 27.0. The van der Waals surface area contributed by atoms with Gasteiger partial charge < -0.3 is 21.5 Å². The number of amides is 2. The SMILES string of the molecule is NCC(O)CNC(=O)[C@@H](CC(=O)c1ccc2ccccc2c1)NC(=O)[CH2][Al]. The molecule has 2 radical (unpaired) electrons. The molecule has 0 aliphatic carbocycles. The third-order valence-corrected chi connectivity index (χ3v) is 4.45. The third kappa shape index (κ3) is 6.15. The van der Waals surface area contributed by atoms with Crippen molar-refractivity contribution in [3.8, 4) is 0 Å². The summed E-state index contributed by atoms with van der Waals surface area (Å²) in [5, 5.41) is 16.6. The lowest BCUT2D eigenvalue weighted by Gasteiger charge is -2.19. The normalized spacial score (nSPS) is 13.0. The summed E-state index contributed by atoms with van der Waals surface area (Å²) >= 11 is 2.26. The van der Waals surface area contributed by atoms with Gasteiger partial charge in [0.1, 0.15) is 22.3 Å². The van der Waals surface area contributed by atoms with Crippen LogP contribution in [-0.4, -0.2) is 64.2 Å². The van der Waals surface area contributed by atoms with Crippen molar-refractivity contribution < 1.29 is 19.5 Å². The van der Waals surface area contributed by atoms with Crippen LogP contribution in [0.2, 0.25) is 5.28 Å². The summed E-state index contributed by atoms with van der Waals surface area (Å²) in [7, 11) is 0. The zero-order valence-corrected chi connectivity index (χ0v) is 16.0. The maximum atomic E-state index is 12.7. The summed E-state index contributed by atoms with van der Waals surface area (Å²) in [4.78, 5) is 36.7. The Bertz CT molecular complexity index is 827. The molecular weight excluding hydrogens is 361 g/mol. The van der Waals surface area contributed by atoms with E-state index < -0.39 is 18.1 Å². The van der Waals surface area contributed by atoms with E-state index in [-0.39, 0.29) is 36.5 Å². The van der Waals surface area contributed by atoms with E-state index in [1.54, 1.807) is 12.1 Å². The predicted molar refractivity (Wildman–Crippen MR) is 103 cm³/mol. The first-order valence-electron chi connectivity index (χ1n) is 8.62. The van der Waals surface area contributed by atoms with Gasteiger partial charge in [0.05, 0.1) is 6.10 Å². The molecule has 8 heteroatoms. The Morgan fingerprint density at radius 3 is 2.48 bits per heavy atom. The summed E-state index contributed by atoms with van der Waals surface area (Å²) in [5.41, 5.74) is 5.78. The minimum Gasteiger partial charge on any atom is -0.390 e. The van der Waals surface area contributed by atoms with Gasteiger partial charge in [-0.3, -0.25) is 14.4 Å². The first kappa shape index (κ1) is 21.1. The molecule has 2 atom stereocenters. The van der Waals surface area contributed by atoms with Gasteiger partial charge >= 0.3 is 0 Å². The Hall–Kier alpha value is -2.24. The number of benzene rings is 2. The van der Waals surface area contributed by atoms with Crippen LogP contribution in [0.15, 0.2) is 42.5 Å². The van der Waals surface area contributed by atoms with E-state index in [1.807, 2.05) is 30.3 Å². The van der Waals surface area contributed by atoms with Gasteiger partial charge in [-0.05, 0) is 22.1 Å². The molecule has 0 aromatic heterocycles. The second kappa shape index (κ2) is 10.2. The fraction of sp³-hybridized carbons (Fsp3) is 0.316. The van der Waals surface area contributed by atoms with Crippen molar-refractivity contribution in [1.29, 1.82) is 0 Å². The average molecular weight is 383 g/mol. The van der Waals surface area contributed by atoms with Gasteiger partial charge in [-0.1, -0.05) is 36.4 Å². The topological polar surface area (TPSA) is 122 Å². The molecule has 0 fully saturated rings. The molecular formula is C19H22AlN3O4. The van der Waals surface area contributed by atoms with Crippen LogP contribution < -0.4 is 16.4 Å². The molecule has 5 N–H and O–H groups in total. The number of hydrogen-bond acceptors (Lipinski definition) is 5. The Kier molecular flexibility index (Phi) is 7.95. The van der Waals surface area contributed by atoms with Crippen molar-refractivity contribution >= 4 is 44.7 Å². The summed E-state index contributed by atoms with van der Waals surface area (Å²) in [6.07, 6.45) is -1.07. The van der Waals surface area contributed by atoms with E-state index in [0.717, 1.165) is 10.8 Å². The van der Waals surface area contributed by atoms with Crippen molar-refractivity contribution in [2.75, 3.05) is 13.1 Å². The number of carbonyl (C=O) groups excluding carboxylic acids is 3. The van der Waals surface area contributed by atoms with E-state index >= 15 is 0 Å². The Morgan fingerprint density at radius 2 is 1.81 bits per heavy atom. The number of carbonyl (C=O) groups is 3. The molecule has 0 saturated carbocycles. The molecule has 27 heavy (non-hydrogen) atoms. The minimum absolute atomic E-state index is 0.00107. The Labute approximate surface area is 165 Å². The first-order chi connectivity index (χ1) is 12.9. The van der Waals surface area contributed by atoms with Crippen molar-refractivity contribution in [2.24, 2.45) is 5.73 Å². The zero-order valence-electron chi connectivity index (χ0n) is 14.9. The largest absolute Gasteiger partial charge is 0.390 e. The highest BCUT2D eigenvalue weighted by Crippen LogP contribution is 2.17. The molecule has 0 aliphatic rings. The number of Topliss-reactive ketones (excluding diaryl/α,β-unsaturated/α-hetero) is 1. The first-order valence-corrected chi connectivity index (χ1v) is 9.43. The summed E-state index contributed by atoms with van der Waals surface area (Å²) in [6, 6.07) is 11.9. The average Bonchev–Trinajstić information content (AvgIpc) is 2.70. The fourth-order valence-corrected chi connectivity index (χ4v) is 2.67. The second-order valence-corrected chi connectivity index (χ2v) is 6.56. The maximum Gasteiger partial charge on any atom is 0.243 e. The smallest absolute Gasteiger partial charge is 0.243 e. The molecule has 0 bridgehead atoms. The highest BCUT2D eigenvalue weighted by molar-refractivity contribution is 6.20. The van der Waals surface area contributed by atoms with E-state index in [1.165, 1.54) is 0 Å². The van der Waals surface area contributed by atoms with Crippen LogP contribution in [0.3, 0.4) is 0 Å². The monoisotopic (exact) mass is 383 g/mol. The van der Waals surface area contributed by atoms with Crippen LogP contribution in [0.4, 0.5) is 0 Å². The number of aliphatic hydroxyl groups is 1. The minimum atomic E-state index is -1.03. The lowest BCUT2D eigenvalue weighted by Crippen LogP contribution is -2.49. The molecule has 1 unspecified atom stereocenters. The predicted octanol–water partition coefficient (Wildman–Crippen LogP) is -0.0800. The van der Waals surface area contributed by atoms with Crippen molar-refractivity contribution in [1.82, 2.24) is 10.6 Å². The number of hydrogen-bond donors (Lipinski definition) is 4. The number of nitrogens with one attached hydrogen (secondary N) is 2. The molecule has 0 spiro atoms. The zero-order chi connectivity index (χ0) is 19.8. The molecule has 2 aromatic rings.